The van der Waals surface area contributed by atoms with Gasteiger partial charge in [0.15, 0.2) is 6.10 Å². The van der Waals surface area contributed by atoms with E-state index in [9.17, 15) is 9.18 Å². The molecule has 1 aliphatic heterocycles. The van der Waals surface area contributed by atoms with Crippen LogP contribution in [-0.2, 0) is 11.2 Å². The lowest BCUT2D eigenvalue weighted by Gasteiger charge is -2.16. The van der Waals surface area contributed by atoms with Crippen molar-refractivity contribution >= 4 is 5.91 Å². The molecule has 0 fully saturated rings. The van der Waals surface area contributed by atoms with Crippen LogP contribution in [0.25, 0.3) is 0 Å². The van der Waals surface area contributed by atoms with Crippen LogP contribution in [0.4, 0.5) is 4.39 Å². The summed E-state index contributed by atoms with van der Waals surface area (Å²) in [6.07, 6.45) is 1.18. The van der Waals surface area contributed by atoms with Crippen molar-refractivity contribution in [1.82, 2.24) is 5.32 Å². The van der Waals surface area contributed by atoms with E-state index in [2.05, 4.69) is 5.32 Å². The highest BCUT2D eigenvalue weighted by molar-refractivity contribution is 5.82. The first kappa shape index (κ1) is 13.8. The van der Waals surface area contributed by atoms with Crippen LogP contribution < -0.4 is 10.1 Å². The second-order valence-corrected chi connectivity index (χ2v) is 4.84. The summed E-state index contributed by atoms with van der Waals surface area (Å²) in [5.41, 5.74) is 0.725. The molecule has 2 rings (SSSR count). The third-order valence-electron chi connectivity index (χ3n) is 3.17. The van der Waals surface area contributed by atoms with Gasteiger partial charge in [-0.2, -0.15) is 0 Å². The Morgan fingerprint density at radius 3 is 3.16 bits per heavy atom. The molecule has 2 N–H and O–H groups in total. The third kappa shape index (κ3) is 3.44. The molecule has 0 bridgehead atoms. The van der Waals surface area contributed by atoms with E-state index < -0.39 is 6.10 Å². The zero-order chi connectivity index (χ0) is 13.8. The van der Waals surface area contributed by atoms with E-state index >= 15 is 0 Å². The fourth-order valence-electron chi connectivity index (χ4n) is 2.17. The van der Waals surface area contributed by atoms with Gasteiger partial charge in [-0.1, -0.05) is 0 Å². The summed E-state index contributed by atoms with van der Waals surface area (Å²) in [6, 6.07) is 4.26. The molecule has 1 amide bonds. The van der Waals surface area contributed by atoms with Crippen molar-refractivity contribution in [1.29, 1.82) is 0 Å². The van der Waals surface area contributed by atoms with Crippen molar-refractivity contribution in [3.63, 3.8) is 0 Å². The molecule has 19 heavy (non-hydrogen) atoms. The number of nitrogens with one attached hydrogen (secondary N) is 1. The van der Waals surface area contributed by atoms with Gasteiger partial charge in [-0.05, 0) is 38.0 Å². The van der Waals surface area contributed by atoms with Gasteiger partial charge in [0.05, 0.1) is 0 Å². The second kappa shape index (κ2) is 6.02. The predicted molar refractivity (Wildman–Crippen MR) is 68.4 cm³/mol. The maximum absolute atomic E-state index is 13.1. The van der Waals surface area contributed by atoms with Crippen LogP contribution in [0.1, 0.15) is 25.3 Å². The van der Waals surface area contributed by atoms with Gasteiger partial charge >= 0.3 is 0 Å². The summed E-state index contributed by atoms with van der Waals surface area (Å²) in [5.74, 6) is 0.0614. The fourth-order valence-corrected chi connectivity index (χ4v) is 2.17. The molecular formula is C14H18FNO3. The first-order valence-electron chi connectivity index (χ1n) is 6.46. The SMILES string of the molecule is CC(CCCO)NC(=O)C1Cc2cc(F)ccc2O1. The maximum Gasteiger partial charge on any atom is 0.261 e. The van der Waals surface area contributed by atoms with E-state index in [4.69, 9.17) is 9.84 Å². The molecule has 104 valence electrons. The van der Waals surface area contributed by atoms with E-state index in [1.54, 1.807) is 6.07 Å². The van der Waals surface area contributed by atoms with E-state index in [0.717, 1.165) is 12.0 Å². The maximum atomic E-state index is 13.1. The second-order valence-electron chi connectivity index (χ2n) is 4.84. The van der Waals surface area contributed by atoms with Crippen molar-refractivity contribution in [2.24, 2.45) is 0 Å². The number of aliphatic hydroxyl groups excluding tert-OH is 1. The lowest BCUT2D eigenvalue weighted by Crippen LogP contribution is -2.42. The zero-order valence-corrected chi connectivity index (χ0v) is 10.9. The smallest absolute Gasteiger partial charge is 0.261 e. The summed E-state index contributed by atoms with van der Waals surface area (Å²) >= 11 is 0. The topological polar surface area (TPSA) is 58.6 Å². The van der Waals surface area contributed by atoms with Crippen molar-refractivity contribution in [3.05, 3.63) is 29.6 Å². The molecular weight excluding hydrogens is 249 g/mol. The Morgan fingerprint density at radius 2 is 2.42 bits per heavy atom. The normalized spacial score (nSPS) is 18.6. The molecule has 1 aliphatic rings. The van der Waals surface area contributed by atoms with Crippen LogP contribution in [0.15, 0.2) is 18.2 Å². The summed E-state index contributed by atoms with van der Waals surface area (Å²) in [5, 5.41) is 11.6. The van der Waals surface area contributed by atoms with Gasteiger partial charge in [-0.25, -0.2) is 4.39 Å². The number of fused-ring (bicyclic) bond motifs is 1. The van der Waals surface area contributed by atoms with E-state index in [1.165, 1.54) is 12.1 Å². The number of carbonyl (C=O) groups excluding carboxylic acids is 1. The minimum atomic E-state index is -0.589. The highest BCUT2D eigenvalue weighted by Gasteiger charge is 2.29. The van der Waals surface area contributed by atoms with Crippen molar-refractivity contribution in [3.8, 4) is 5.75 Å². The molecule has 5 heteroatoms. The van der Waals surface area contributed by atoms with Gasteiger partial charge in [-0.15, -0.1) is 0 Å². The van der Waals surface area contributed by atoms with Gasteiger partial charge in [0, 0.05) is 24.6 Å². The molecule has 2 unspecified atom stereocenters. The molecule has 4 nitrogen and oxygen atoms in total. The molecule has 1 aromatic carbocycles. The largest absolute Gasteiger partial charge is 0.480 e. The van der Waals surface area contributed by atoms with Crippen molar-refractivity contribution < 1.29 is 19.0 Å². The van der Waals surface area contributed by atoms with Gasteiger partial charge in [-0.3, -0.25) is 4.79 Å². The zero-order valence-electron chi connectivity index (χ0n) is 10.9. The fraction of sp³-hybridized carbons (Fsp3) is 0.500. The average Bonchev–Trinajstić information content (AvgIpc) is 2.79. The number of aliphatic hydroxyl groups is 1. The molecule has 0 aromatic heterocycles. The lowest BCUT2D eigenvalue weighted by atomic mass is 10.1. The number of benzene rings is 1. The molecule has 0 saturated heterocycles. The molecule has 0 radical (unpaired) electrons. The summed E-state index contributed by atoms with van der Waals surface area (Å²) in [7, 11) is 0. The van der Waals surface area contributed by atoms with Crippen molar-refractivity contribution in [2.75, 3.05) is 6.61 Å². The number of hydrogen-bond donors (Lipinski definition) is 2. The molecule has 0 saturated carbocycles. The Labute approximate surface area is 111 Å². The van der Waals surface area contributed by atoms with Gasteiger partial charge < -0.3 is 15.2 Å². The highest BCUT2D eigenvalue weighted by atomic mass is 19.1. The Bertz CT molecular complexity index is 464. The number of hydrogen-bond acceptors (Lipinski definition) is 3. The molecule has 2 atom stereocenters. The summed E-state index contributed by atoms with van der Waals surface area (Å²) in [6.45, 7) is 2.00. The predicted octanol–water partition coefficient (Wildman–Crippen LogP) is 1.41. The monoisotopic (exact) mass is 267 g/mol. The third-order valence-corrected chi connectivity index (χ3v) is 3.17. The quantitative estimate of drug-likeness (QED) is 0.848. The summed E-state index contributed by atoms with van der Waals surface area (Å²) in [4.78, 5) is 12.0. The lowest BCUT2D eigenvalue weighted by molar-refractivity contribution is -0.127. The van der Waals surface area contributed by atoms with Gasteiger partial charge in [0.1, 0.15) is 11.6 Å². The number of ether oxygens (including phenoxy) is 1. The molecule has 0 aliphatic carbocycles. The van der Waals surface area contributed by atoms with E-state index in [1.807, 2.05) is 6.92 Å². The van der Waals surface area contributed by atoms with Crippen molar-refractivity contribution in [2.45, 2.75) is 38.3 Å². The number of rotatable bonds is 5. The standard InChI is InChI=1S/C14H18FNO3/c1-9(3-2-6-17)16-14(18)13-8-10-7-11(15)4-5-12(10)19-13/h4-5,7,9,13,17H,2-3,6,8H2,1H3,(H,16,18). The Balaban J connectivity index is 1.89. The van der Waals surface area contributed by atoms with Crippen LogP contribution >= 0.6 is 0 Å². The molecule has 1 heterocycles. The molecule has 0 spiro atoms. The van der Waals surface area contributed by atoms with Crippen LogP contribution in [-0.4, -0.2) is 29.8 Å². The van der Waals surface area contributed by atoms with Crippen LogP contribution in [0, 0.1) is 5.82 Å². The first-order valence-corrected chi connectivity index (χ1v) is 6.46. The number of amides is 1. The highest BCUT2D eigenvalue weighted by Crippen LogP contribution is 2.29. The Hall–Kier alpha value is -1.62. The van der Waals surface area contributed by atoms with Crippen LogP contribution in [0.2, 0.25) is 0 Å². The minimum absolute atomic E-state index is 0.0105. The first-order chi connectivity index (χ1) is 9.10. The van der Waals surface area contributed by atoms with Crippen LogP contribution in [0.5, 0.6) is 5.75 Å². The Morgan fingerprint density at radius 1 is 1.63 bits per heavy atom. The average molecular weight is 267 g/mol. The number of carbonyl (C=O) groups is 1. The van der Waals surface area contributed by atoms with Gasteiger partial charge in [0.2, 0.25) is 0 Å². The summed E-state index contributed by atoms with van der Waals surface area (Å²) < 4.78 is 18.6. The van der Waals surface area contributed by atoms with E-state index in [-0.39, 0.29) is 24.4 Å². The number of halogens is 1. The minimum Gasteiger partial charge on any atom is -0.480 e. The van der Waals surface area contributed by atoms with Gasteiger partial charge in [0.25, 0.3) is 5.91 Å². The Kier molecular flexibility index (Phi) is 4.37. The van der Waals surface area contributed by atoms with E-state index in [0.29, 0.717) is 18.6 Å². The molecule has 1 aromatic rings. The van der Waals surface area contributed by atoms with Crippen LogP contribution in [0.3, 0.4) is 0 Å².